The number of hydrogen-bond acceptors (Lipinski definition) is 4. The number of nitrogens with zero attached hydrogens (tertiary/aromatic N) is 4. The van der Waals surface area contributed by atoms with Gasteiger partial charge in [-0.2, -0.15) is 5.26 Å². The van der Waals surface area contributed by atoms with Crippen LogP contribution in [0, 0.1) is 11.3 Å². The standard InChI is InChI=1S/C17H18N4/c18-11-13-10-17(19-16-6-2-1-5-15(13)16)21-9-8-20-7-3-4-14(20)12-21/h1-2,5-6,10,14H,3-4,7-9,12H2. The zero-order valence-corrected chi connectivity index (χ0v) is 12.0. The fourth-order valence-electron chi connectivity index (χ4n) is 3.62. The van der Waals surface area contributed by atoms with Crippen molar-refractivity contribution in [2.24, 2.45) is 0 Å². The normalized spacial score (nSPS) is 22.2. The van der Waals surface area contributed by atoms with Crippen LogP contribution in [0.3, 0.4) is 0 Å². The summed E-state index contributed by atoms with van der Waals surface area (Å²) in [5.41, 5.74) is 1.64. The van der Waals surface area contributed by atoms with Crippen LogP contribution >= 0.6 is 0 Å². The zero-order valence-electron chi connectivity index (χ0n) is 12.0. The summed E-state index contributed by atoms with van der Waals surface area (Å²) in [7, 11) is 0. The van der Waals surface area contributed by atoms with Gasteiger partial charge in [-0.15, -0.1) is 0 Å². The summed E-state index contributed by atoms with van der Waals surface area (Å²) >= 11 is 0. The smallest absolute Gasteiger partial charge is 0.130 e. The molecule has 1 aromatic heterocycles. The maximum Gasteiger partial charge on any atom is 0.130 e. The molecule has 1 aromatic carbocycles. The Balaban J connectivity index is 1.72. The van der Waals surface area contributed by atoms with Crippen molar-refractivity contribution in [3.05, 3.63) is 35.9 Å². The lowest BCUT2D eigenvalue weighted by atomic mass is 10.1. The molecular formula is C17H18N4. The first kappa shape index (κ1) is 12.6. The summed E-state index contributed by atoms with van der Waals surface area (Å²) < 4.78 is 0. The molecule has 4 rings (SSSR count). The molecule has 0 bridgehead atoms. The second-order valence-corrected chi connectivity index (χ2v) is 5.94. The van der Waals surface area contributed by atoms with Gasteiger partial charge in [-0.05, 0) is 31.5 Å². The van der Waals surface area contributed by atoms with Crippen molar-refractivity contribution in [1.29, 1.82) is 5.26 Å². The second kappa shape index (κ2) is 5.01. The summed E-state index contributed by atoms with van der Waals surface area (Å²) in [4.78, 5) is 9.71. The van der Waals surface area contributed by atoms with E-state index in [-0.39, 0.29) is 0 Å². The highest BCUT2D eigenvalue weighted by atomic mass is 15.3. The lowest BCUT2D eigenvalue weighted by molar-refractivity contribution is 0.230. The van der Waals surface area contributed by atoms with Crippen LogP contribution in [-0.2, 0) is 0 Å². The van der Waals surface area contributed by atoms with Crippen molar-refractivity contribution in [3.63, 3.8) is 0 Å². The predicted molar refractivity (Wildman–Crippen MR) is 83.3 cm³/mol. The Labute approximate surface area is 124 Å². The van der Waals surface area contributed by atoms with E-state index in [4.69, 9.17) is 4.98 Å². The van der Waals surface area contributed by atoms with E-state index in [9.17, 15) is 5.26 Å². The number of nitriles is 1. The monoisotopic (exact) mass is 278 g/mol. The van der Waals surface area contributed by atoms with E-state index in [0.717, 1.165) is 41.9 Å². The number of fused-ring (bicyclic) bond motifs is 2. The van der Waals surface area contributed by atoms with Crippen molar-refractivity contribution in [2.75, 3.05) is 31.1 Å². The van der Waals surface area contributed by atoms with Gasteiger partial charge in [-0.1, -0.05) is 18.2 Å². The van der Waals surface area contributed by atoms with E-state index in [1.165, 1.54) is 19.4 Å². The molecule has 0 saturated carbocycles. The van der Waals surface area contributed by atoms with E-state index in [0.29, 0.717) is 6.04 Å². The second-order valence-electron chi connectivity index (χ2n) is 5.94. The fraction of sp³-hybridized carbons (Fsp3) is 0.412. The quantitative estimate of drug-likeness (QED) is 0.803. The van der Waals surface area contributed by atoms with Crippen LogP contribution in [0.1, 0.15) is 18.4 Å². The highest BCUT2D eigenvalue weighted by Crippen LogP contribution is 2.27. The molecule has 3 heterocycles. The molecule has 4 heteroatoms. The van der Waals surface area contributed by atoms with E-state index in [1.807, 2.05) is 30.3 Å². The first-order valence-electron chi connectivity index (χ1n) is 7.64. The molecule has 2 aromatic rings. The SMILES string of the molecule is N#Cc1cc(N2CCN3CCCC3C2)nc2ccccc12. The van der Waals surface area contributed by atoms with Crippen LogP contribution in [0.25, 0.3) is 10.9 Å². The molecule has 1 unspecified atom stereocenters. The van der Waals surface area contributed by atoms with E-state index in [2.05, 4.69) is 15.9 Å². The van der Waals surface area contributed by atoms with Crippen molar-refractivity contribution in [1.82, 2.24) is 9.88 Å². The van der Waals surface area contributed by atoms with Gasteiger partial charge in [-0.25, -0.2) is 4.98 Å². The zero-order chi connectivity index (χ0) is 14.2. The fourth-order valence-corrected chi connectivity index (χ4v) is 3.62. The molecule has 2 aliphatic heterocycles. The van der Waals surface area contributed by atoms with Gasteiger partial charge >= 0.3 is 0 Å². The molecule has 0 amide bonds. The van der Waals surface area contributed by atoms with Crippen LogP contribution in [-0.4, -0.2) is 42.1 Å². The number of aromatic nitrogens is 1. The predicted octanol–water partition coefficient (Wildman–Crippen LogP) is 2.39. The van der Waals surface area contributed by atoms with Gasteiger partial charge in [0, 0.05) is 31.1 Å². The lowest BCUT2D eigenvalue weighted by Gasteiger charge is -2.38. The topological polar surface area (TPSA) is 43.2 Å². The molecule has 0 radical (unpaired) electrons. The molecular weight excluding hydrogens is 260 g/mol. The van der Waals surface area contributed by atoms with Gasteiger partial charge < -0.3 is 4.90 Å². The maximum atomic E-state index is 9.40. The van der Waals surface area contributed by atoms with Crippen LogP contribution in [0.2, 0.25) is 0 Å². The third-order valence-electron chi connectivity index (χ3n) is 4.73. The van der Waals surface area contributed by atoms with Crippen molar-refractivity contribution in [3.8, 4) is 6.07 Å². The van der Waals surface area contributed by atoms with Gasteiger partial charge in [0.1, 0.15) is 5.82 Å². The van der Waals surface area contributed by atoms with Crippen LogP contribution in [0.5, 0.6) is 0 Å². The molecule has 1 atom stereocenters. The Bertz CT molecular complexity index is 718. The highest BCUT2D eigenvalue weighted by Gasteiger charge is 2.31. The Hall–Kier alpha value is -2.12. The van der Waals surface area contributed by atoms with E-state index < -0.39 is 0 Å². The molecule has 4 nitrogen and oxygen atoms in total. The summed E-state index contributed by atoms with van der Waals surface area (Å²) in [6, 6.07) is 12.8. The highest BCUT2D eigenvalue weighted by molar-refractivity contribution is 5.86. The average Bonchev–Trinajstić information content (AvgIpc) is 3.01. The summed E-state index contributed by atoms with van der Waals surface area (Å²) in [5, 5.41) is 10.4. The number of piperazine rings is 1. The number of benzene rings is 1. The number of hydrogen-bond donors (Lipinski definition) is 0. The number of rotatable bonds is 1. The minimum atomic E-state index is 0.664. The van der Waals surface area contributed by atoms with Gasteiger partial charge in [0.2, 0.25) is 0 Å². The van der Waals surface area contributed by atoms with Crippen LogP contribution in [0.15, 0.2) is 30.3 Å². The van der Waals surface area contributed by atoms with Gasteiger partial charge in [-0.3, -0.25) is 4.90 Å². The minimum Gasteiger partial charge on any atom is -0.354 e. The van der Waals surface area contributed by atoms with E-state index in [1.54, 1.807) is 0 Å². The molecule has 0 N–H and O–H groups in total. The first-order valence-corrected chi connectivity index (χ1v) is 7.64. The molecule has 106 valence electrons. The maximum absolute atomic E-state index is 9.40. The number of pyridine rings is 1. The Morgan fingerprint density at radius 2 is 2.10 bits per heavy atom. The first-order chi connectivity index (χ1) is 10.3. The minimum absolute atomic E-state index is 0.664. The number of anilines is 1. The van der Waals surface area contributed by atoms with Gasteiger partial charge in [0.05, 0.1) is 17.1 Å². The molecule has 0 aliphatic carbocycles. The molecule has 21 heavy (non-hydrogen) atoms. The van der Waals surface area contributed by atoms with E-state index >= 15 is 0 Å². The van der Waals surface area contributed by atoms with Crippen molar-refractivity contribution in [2.45, 2.75) is 18.9 Å². The lowest BCUT2D eigenvalue weighted by Crippen LogP contribution is -2.50. The summed E-state index contributed by atoms with van der Waals surface area (Å²) in [5.74, 6) is 0.955. The Morgan fingerprint density at radius 1 is 1.19 bits per heavy atom. The van der Waals surface area contributed by atoms with Crippen LogP contribution in [0.4, 0.5) is 5.82 Å². The molecule has 0 spiro atoms. The van der Waals surface area contributed by atoms with Crippen molar-refractivity contribution < 1.29 is 0 Å². The third-order valence-corrected chi connectivity index (χ3v) is 4.73. The summed E-state index contributed by atoms with van der Waals surface area (Å²) in [6.45, 7) is 4.40. The Morgan fingerprint density at radius 3 is 3.00 bits per heavy atom. The molecule has 2 fully saturated rings. The number of para-hydroxylation sites is 1. The Kier molecular flexibility index (Phi) is 3.01. The van der Waals surface area contributed by atoms with Gasteiger partial charge in [0.15, 0.2) is 0 Å². The molecule has 2 aliphatic rings. The third kappa shape index (κ3) is 2.14. The summed E-state index contributed by atoms with van der Waals surface area (Å²) in [6.07, 6.45) is 2.60. The average molecular weight is 278 g/mol. The van der Waals surface area contributed by atoms with Crippen molar-refractivity contribution >= 4 is 16.7 Å². The van der Waals surface area contributed by atoms with Gasteiger partial charge in [0.25, 0.3) is 0 Å². The largest absolute Gasteiger partial charge is 0.354 e. The molecule has 2 saturated heterocycles. The van der Waals surface area contributed by atoms with Crippen LogP contribution < -0.4 is 4.90 Å².